The molecular formula is C9H18N2O2. The van der Waals surface area contributed by atoms with E-state index in [1.165, 1.54) is 0 Å². The lowest BCUT2D eigenvalue weighted by atomic mass is 9.86. The summed E-state index contributed by atoms with van der Waals surface area (Å²) in [5.41, 5.74) is -0.262. The minimum Gasteiger partial charge on any atom is -0.481 e. The molecule has 1 fully saturated rings. The summed E-state index contributed by atoms with van der Waals surface area (Å²) in [5.74, 6) is -0.738. The zero-order valence-electron chi connectivity index (χ0n) is 8.48. The fourth-order valence-electron chi connectivity index (χ4n) is 1.77. The van der Waals surface area contributed by atoms with E-state index in [0.717, 1.165) is 13.1 Å². The monoisotopic (exact) mass is 186 g/mol. The van der Waals surface area contributed by atoms with Gasteiger partial charge in [-0.15, -0.1) is 0 Å². The topological polar surface area (TPSA) is 61.4 Å². The Morgan fingerprint density at radius 2 is 2.08 bits per heavy atom. The van der Waals surface area contributed by atoms with Gasteiger partial charge in [0.2, 0.25) is 0 Å². The highest BCUT2D eigenvalue weighted by molar-refractivity contribution is 5.68. The Morgan fingerprint density at radius 1 is 1.54 bits per heavy atom. The molecule has 0 aliphatic carbocycles. The molecule has 0 spiro atoms. The molecule has 0 bridgehead atoms. The maximum atomic E-state index is 10.6. The van der Waals surface area contributed by atoms with Crippen LogP contribution in [0.3, 0.4) is 0 Å². The van der Waals surface area contributed by atoms with Crippen LogP contribution in [0.2, 0.25) is 0 Å². The van der Waals surface area contributed by atoms with Crippen molar-refractivity contribution in [2.45, 2.75) is 38.3 Å². The third kappa shape index (κ3) is 2.97. The number of nitrogens with one attached hydrogen (secondary N) is 2. The quantitative estimate of drug-likeness (QED) is 0.589. The number of rotatable bonds is 3. The number of hydrogen-bond donors (Lipinski definition) is 3. The van der Waals surface area contributed by atoms with Crippen LogP contribution < -0.4 is 10.6 Å². The van der Waals surface area contributed by atoms with Crippen molar-refractivity contribution >= 4 is 5.97 Å². The number of hydrogen-bond acceptors (Lipinski definition) is 3. The van der Waals surface area contributed by atoms with Gasteiger partial charge in [0.05, 0.1) is 12.0 Å². The molecular weight excluding hydrogens is 168 g/mol. The Balaban J connectivity index is 2.55. The second-order valence-corrected chi connectivity index (χ2v) is 4.83. The van der Waals surface area contributed by atoms with Gasteiger partial charge >= 0.3 is 5.97 Å². The zero-order chi connectivity index (χ0) is 10.1. The summed E-state index contributed by atoms with van der Waals surface area (Å²) in [6.07, 6.45) is 0.192. The van der Waals surface area contributed by atoms with E-state index in [1.807, 2.05) is 0 Å². The van der Waals surface area contributed by atoms with E-state index in [4.69, 9.17) is 5.11 Å². The lowest BCUT2D eigenvalue weighted by Gasteiger charge is -2.46. The van der Waals surface area contributed by atoms with Crippen molar-refractivity contribution in [3.8, 4) is 0 Å². The second-order valence-electron chi connectivity index (χ2n) is 4.83. The molecule has 0 radical (unpaired) electrons. The Hall–Kier alpha value is -0.610. The number of carboxylic acid groups (broad SMARTS) is 1. The predicted octanol–water partition coefficient (Wildman–Crippen LogP) is 0.191. The molecule has 0 saturated carbocycles. The van der Waals surface area contributed by atoms with E-state index < -0.39 is 5.97 Å². The van der Waals surface area contributed by atoms with Crippen LogP contribution in [0.25, 0.3) is 0 Å². The van der Waals surface area contributed by atoms with E-state index in [9.17, 15) is 4.79 Å². The third-order valence-electron chi connectivity index (χ3n) is 2.06. The van der Waals surface area contributed by atoms with Crippen molar-refractivity contribution in [1.29, 1.82) is 0 Å². The fraction of sp³-hybridized carbons (Fsp3) is 0.889. The molecule has 3 N–H and O–H groups in total. The average molecular weight is 186 g/mol. The summed E-state index contributed by atoms with van der Waals surface area (Å²) in [7, 11) is 0. The van der Waals surface area contributed by atoms with Crippen LogP contribution in [0.5, 0.6) is 0 Å². The first-order valence-corrected chi connectivity index (χ1v) is 4.55. The maximum Gasteiger partial charge on any atom is 0.305 e. The van der Waals surface area contributed by atoms with Gasteiger partial charge in [-0.05, 0) is 20.8 Å². The minimum atomic E-state index is -0.738. The average Bonchev–Trinajstić information content (AvgIpc) is 1.78. The summed E-state index contributed by atoms with van der Waals surface area (Å²) in [6, 6.07) is 0. The summed E-state index contributed by atoms with van der Waals surface area (Å²) < 4.78 is 0. The number of carboxylic acids is 1. The molecule has 4 nitrogen and oxygen atoms in total. The van der Waals surface area contributed by atoms with Gasteiger partial charge in [-0.25, -0.2) is 0 Å². The molecule has 76 valence electrons. The number of carbonyl (C=O) groups is 1. The van der Waals surface area contributed by atoms with E-state index in [1.54, 1.807) is 0 Å². The van der Waals surface area contributed by atoms with Crippen LogP contribution in [0.1, 0.15) is 27.2 Å². The largest absolute Gasteiger partial charge is 0.481 e. The minimum absolute atomic E-state index is 0.0302. The zero-order valence-corrected chi connectivity index (χ0v) is 8.48. The Labute approximate surface area is 78.7 Å². The van der Waals surface area contributed by atoms with Gasteiger partial charge in [0, 0.05) is 18.6 Å². The summed E-state index contributed by atoms with van der Waals surface area (Å²) in [4.78, 5) is 10.6. The van der Waals surface area contributed by atoms with Crippen LogP contribution in [-0.4, -0.2) is 35.2 Å². The molecule has 0 aromatic heterocycles. The lowest BCUT2D eigenvalue weighted by molar-refractivity contribution is -0.139. The van der Waals surface area contributed by atoms with Crippen molar-refractivity contribution in [2.75, 3.05) is 13.1 Å². The highest BCUT2D eigenvalue weighted by atomic mass is 16.4. The van der Waals surface area contributed by atoms with Crippen molar-refractivity contribution < 1.29 is 9.90 Å². The van der Waals surface area contributed by atoms with Crippen LogP contribution >= 0.6 is 0 Å². The van der Waals surface area contributed by atoms with Gasteiger partial charge < -0.3 is 15.7 Å². The molecule has 1 aliphatic heterocycles. The molecule has 0 amide bonds. The summed E-state index contributed by atoms with van der Waals surface area (Å²) in [6.45, 7) is 7.64. The van der Waals surface area contributed by atoms with Crippen LogP contribution in [-0.2, 0) is 4.79 Å². The lowest BCUT2D eigenvalue weighted by Crippen LogP contribution is -2.71. The molecule has 0 aromatic carbocycles. The highest BCUT2D eigenvalue weighted by Gasteiger charge is 2.41. The smallest absolute Gasteiger partial charge is 0.305 e. The van der Waals surface area contributed by atoms with E-state index in [-0.39, 0.29) is 17.5 Å². The molecule has 1 heterocycles. The fourth-order valence-corrected chi connectivity index (χ4v) is 1.77. The van der Waals surface area contributed by atoms with Crippen LogP contribution in [0.15, 0.2) is 0 Å². The van der Waals surface area contributed by atoms with Crippen molar-refractivity contribution in [3.63, 3.8) is 0 Å². The second kappa shape index (κ2) is 3.27. The van der Waals surface area contributed by atoms with E-state index in [0.29, 0.717) is 0 Å². The van der Waals surface area contributed by atoms with Crippen LogP contribution in [0.4, 0.5) is 0 Å². The van der Waals surface area contributed by atoms with Gasteiger partial charge in [0.1, 0.15) is 0 Å². The van der Waals surface area contributed by atoms with E-state index in [2.05, 4.69) is 31.4 Å². The summed E-state index contributed by atoms with van der Waals surface area (Å²) in [5, 5.41) is 15.2. The van der Waals surface area contributed by atoms with Crippen LogP contribution in [0, 0.1) is 0 Å². The third-order valence-corrected chi connectivity index (χ3v) is 2.06. The van der Waals surface area contributed by atoms with Gasteiger partial charge in [0.15, 0.2) is 0 Å². The van der Waals surface area contributed by atoms with Crippen molar-refractivity contribution in [3.05, 3.63) is 0 Å². The molecule has 1 rings (SSSR count). The molecule has 0 aromatic rings. The van der Waals surface area contributed by atoms with E-state index >= 15 is 0 Å². The van der Waals surface area contributed by atoms with Crippen molar-refractivity contribution in [2.24, 2.45) is 0 Å². The Bertz CT molecular complexity index is 204. The number of aliphatic carboxylic acids is 1. The van der Waals surface area contributed by atoms with Gasteiger partial charge in [-0.3, -0.25) is 4.79 Å². The molecule has 0 atom stereocenters. The standard InChI is InChI=1S/C9H18N2O2/c1-8(2,3)11-9(4-7(12)13)5-10-6-9/h10-11H,4-6H2,1-3H3,(H,12,13). The normalized spacial score (nSPS) is 20.8. The first-order chi connectivity index (χ1) is 5.83. The first kappa shape index (κ1) is 10.5. The van der Waals surface area contributed by atoms with Gasteiger partial charge in [0.25, 0.3) is 0 Å². The Kier molecular flexibility index (Phi) is 2.63. The van der Waals surface area contributed by atoms with Gasteiger partial charge in [-0.2, -0.15) is 0 Å². The van der Waals surface area contributed by atoms with Gasteiger partial charge in [-0.1, -0.05) is 0 Å². The molecule has 0 unspecified atom stereocenters. The maximum absolute atomic E-state index is 10.6. The summed E-state index contributed by atoms with van der Waals surface area (Å²) >= 11 is 0. The highest BCUT2D eigenvalue weighted by Crippen LogP contribution is 2.19. The first-order valence-electron chi connectivity index (χ1n) is 4.55. The van der Waals surface area contributed by atoms with Crippen molar-refractivity contribution in [1.82, 2.24) is 10.6 Å². The molecule has 1 saturated heterocycles. The molecule has 13 heavy (non-hydrogen) atoms. The predicted molar refractivity (Wildman–Crippen MR) is 50.7 cm³/mol. The molecule has 1 aliphatic rings. The molecule has 4 heteroatoms. The SMILES string of the molecule is CC(C)(C)NC1(CC(=O)O)CNC1. The Morgan fingerprint density at radius 3 is 2.31 bits per heavy atom.